The molecule has 0 N–H and O–H groups in total. The molecule has 2 nitrogen and oxygen atoms in total. The van der Waals surface area contributed by atoms with Gasteiger partial charge >= 0.3 is 0 Å². The predicted molar refractivity (Wildman–Crippen MR) is 85.1 cm³/mol. The largest absolute Gasteiger partial charge is 0.346 e. The molecule has 0 unspecified atom stereocenters. The normalized spacial score (nSPS) is 27.1. The van der Waals surface area contributed by atoms with Gasteiger partial charge in [0.1, 0.15) is 0 Å². The summed E-state index contributed by atoms with van der Waals surface area (Å²) in [5.41, 5.74) is 2.67. The standard InChI is InChI=1S/C19H28O2/c1-2-15-7-9-16(10-8-15)11-12-17-5-3-4-6-18(17)19-20-13-14-21-19/h3-6,15-16,19H,2,7-14H2,1H3. The van der Waals surface area contributed by atoms with Gasteiger partial charge < -0.3 is 9.47 Å². The molecule has 1 heterocycles. The molecule has 1 aliphatic heterocycles. The molecule has 116 valence electrons. The second-order valence-electron chi connectivity index (χ2n) is 6.61. The van der Waals surface area contributed by atoms with Crippen LogP contribution in [0.25, 0.3) is 0 Å². The van der Waals surface area contributed by atoms with Crippen molar-refractivity contribution in [3.05, 3.63) is 35.4 Å². The molecule has 0 bridgehead atoms. The smallest absolute Gasteiger partial charge is 0.184 e. The minimum atomic E-state index is -0.128. The Balaban J connectivity index is 1.55. The molecule has 0 aromatic heterocycles. The van der Waals surface area contributed by atoms with Crippen LogP contribution in [-0.2, 0) is 15.9 Å². The topological polar surface area (TPSA) is 18.5 Å². The molecule has 3 rings (SSSR count). The molecule has 0 spiro atoms. The van der Waals surface area contributed by atoms with Crippen LogP contribution in [0.15, 0.2) is 24.3 Å². The summed E-state index contributed by atoms with van der Waals surface area (Å²) < 4.78 is 11.4. The SMILES string of the molecule is CCC1CCC(CCc2ccccc2C2OCCO2)CC1. The van der Waals surface area contributed by atoms with Crippen molar-refractivity contribution in [1.82, 2.24) is 0 Å². The van der Waals surface area contributed by atoms with E-state index in [1.165, 1.54) is 56.1 Å². The van der Waals surface area contributed by atoms with E-state index < -0.39 is 0 Å². The molecule has 2 aliphatic rings. The molecular formula is C19H28O2. The molecule has 1 aromatic rings. The highest BCUT2D eigenvalue weighted by molar-refractivity contribution is 5.28. The molecule has 2 fully saturated rings. The summed E-state index contributed by atoms with van der Waals surface area (Å²) in [5.74, 6) is 1.92. The zero-order valence-electron chi connectivity index (χ0n) is 13.2. The average molecular weight is 288 g/mol. The lowest BCUT2D eigenvalue weighted by molar-refractivity contribution is -0.0447. The Bertz CT molecular complexity index is 429. The second kappa shape index (κ2) is 7.42. The van der Waals surface area contributed by atoms with Gasteiger partial charge in [-0.05, 0) is 30.2 Å². The lowest BCUT2D eigenvalue weighted by Gasteiger charge is -2.28. The van der Waals surface area contributed by atoms with Crippen LogP contribution in [0.1, 0.15) is 62.9 Å². The first-order valence-corrected chi connectivity index (χ1v) is 8.67. The van der Waals surface area contributed by atoms with Gasteiger partial charge in [0, 0.05) is 5.56 Å². The van der Waals surface area contributed by atoms with Crippen molar-refractivity contribution in [3.63, 3.8) is 0 Å². The van der Waals surface area contributed by atoms with Crippen molar-refractivity contribution < 1.29 is 9.47 Å². The Morgan fingerprint density at radius 1 is 0.952 bits per heavy atom. The lowest BCUT2D eigenvalue weighted by Crippen LogP contribution is -2.15. The van der Waals surface area contributed by atoms with Crippen LogP contribution in [0, 0.1) is 11.8 Å². The first-order valence-electron chi connectivity index (χ1n) is 8.67. The van der Waals surface area contributed by atoms with Gasteiger partial charge in [0.2, 0.25) is 0 Å². The van der Waals surface area contributed by atoms with E-state index in [2.05, 4.69) is 31.2 Å². The van der Waals surface area contributed by atoms with E-state index in [0.29, 0.717) is 0 Å². The molecular weight excluding hydrogens is 260 g/mol. The van der Waals surface area contributed by atoms with Gasteiger partial charge in [0.25, 0.3) is 0 Å². The first-order chi connectivity index (χ1) is 10.4. The molecule has 2 heteroatoms. The van der Waals surface area contributed by atoms with Gasteiger partial charge in [0.05, 0.1) is 13.2 Å². The summed E-state index contributed by atoms with van der Waals surface area (Å²) in [6, 6.07) is 8.65. The highest BCUT2D eigenvalue weighted by Gasteiger charge is 2.23. The molecule has 1 saturated heterocycles. The van der Waals surface area contributed by atoms with Gasteiger partial charge in [-0.1, -0.05) is 63.3 Å². The minimum absolute atomic E-state index is 0.128. The second-order valence-corrected chi connectivity index (χ2v) is 6.61. The number of hydrogen-bond acceptors (Lipinski definition) is 2. The van der Waals surface area contributed by atoms with E-state index in [0.717, 1.165) is 25.0 Å². The van der Waals surface area contributed by atoms with Crippen LogP contribution in [0.3, 0.4) is 0 Å². The molecule has 0 atom stereocenters. The lowest BCUT2D eigenvalue weighted by atomic mass is 9.78. The van der Waals surface area contributed by atoms with Crippen molar-refractivity contribution in [2.75, 3.05) is 13.2 Å². The maximum absolute atomic E-state index is 5.68. The number of benzene rings is 1. The predicted octanol–water partition coefficient (Wildman–Crippen LogP) is 4.88. The number of aryl methyl sites for hydroxylation is 1. The van der Waals surface area contributed by atoms with Crippen LogP contribution in [0.5, 0.6) is 0 Å². The van der Waals surface area contributed by atoms with Gasteiger partial charge in [-0.25, -0.2) is 0 Å². The Morgan fingerprint density at radius 2 is 1.62 bits per heavy atom. The number of rotatable bonds is 5. The van der Waals surface area contributed by atoms with Crippen molar-refractivity contribution in [1.29, 1.82) is 0 Å². The van der Waals surface area contributed by atoms with E-state index in [1.807, 2.05) is 0 Å². The summed E-state index contributed by atoms with van der Waals surface area (Å²) in [7, 11) is 0. The Labute approximate surface area is 128 Å². The third kappa shape index (κ3) is 3.87. The van der Waals surface area contributed by atoms with Crippen LogP contribution in [0.4, 0.5) is 0 Å². The van der Waals surface area contributed by atoms with Crippen molar-refractivity contribution in [2.24, 2.45) is 11.8 Å². The van der Waals surface area contributed by atoms with E-state index in [1.54, 1.807) is 0 Å². The van der Waals surface area contributed by atoms with Gasteiger partial charge in [-0.15, -0.1) is 0 Å². The Morgan fingerprint density at radius 3 is 2.33 bits per heavy atom. The van der Waals surface area contributed by atoms with Crippen molar-refractivity contribution in [2.45, 2.75) is 58.2 Å². The fourth-order valence-corrected chi connectivity index (χ4v) is 3.82. The van der Waals surface area contributed by atoms with Gasteiger partial charge in [-0.2, -0.15) is 0 Å². The average Bonchev–Trinajstić information content (AvgIpc) is 3.08. The number of hydrogen-bond donors (Lipinski definition) is 0. The van der Waals surface area contributed by atoms with Crippen LogP contribution in [-0.4, -0.2) is 13.2 Å². The number of ether oxygens (including phenoxy) is 2. The van der Waals surface area contributed by atoms with E-state index in [9.17, 15) is 0 Å². The fraction of sp³-hybridized carbons (Fsp3) is 0.684. The minimum Gasteiger partial charge on any atom is -0.346 e. The highest BCUT2D eigenvalue weighted by atomic mass is 16.7. The summed E-state index contributed by atoms with van der Waals surface area (Å²) in [4.78, 5) is 0. The quantitative estimate of drug-likeness (QED) is 0.768. The summed E-state index contributed by atoms with van der Waals surface area (Å²) in [6.45, 7) is 3.78. The van der Waals surface area contributed by atoms with Crippen molar-refractivity contribution in [3.8, 4) is 0 Å². The zero-order chi connectivity index (χ0) is 14.5. The maximum atomic E-state index is 5.68. The first kappa shape index (κ1) is 15.1. The van der Waals surface area contributed by atoms with E-state index >= 15 is 0 Å². The molecule has 1 aromatic carbocycles. The third-order valence-electron chi connectivity index (χ3n) is 5.30. The Kier molecular flexibility index (Phi) is 5.32. The monoisotopic (exact) mass is 288 g/mol. The molecule has 0 amide bonds. The summed E-state index contributed by atoms with van der Waals surface area (Å²) >= 11 is 0. The summed E-state index contributed by atoms with van der Waals surface area (Å²) in [5, 5.41) is 0. The Hall–Kier alpha value is -0.860. The molecule has 1 saturated carbocycles. The maximum Gasteiger partial charge on any atom is 0.184 e. The van der Waals surface area contributed by atoms with Crippen LogP contribution in [0.2, 0.25) is 0 Å². The van der Waals surface area contributed by atoms with Crippen molar-refractivity contribution >= 4 is 0 Å². The van der Waals surface area contributed by atoms with E-state index in [4.69, 9.17) is 9.47 Å². The highest BCUT2D eigenvalue weighted by Crippen LogP contribution is 2.34. The van der Waals surface area contributed by atoms with Gasteiger partial charge in [-0.3, -0.25) is 0 Å². The van der Waals surface area contributed by atoms with Crippen LogP contribution >= 0.6 is 0 Å². The fourth-order valence-electron chi connectivity index (χ4n) is 3.82. The third-order valence-corrected chi connectivity index (χ3v) is 5.30. The zero-order valence-corrected chi connectivity index (χ0v) is 13.2. The summed E-state index contributed by atoms with van der Waals surface area (Å²) in [6.07, 6.45) is 9.47. The van der Waals surface area contributed by atoms with Gasteiger partial charge in [0.15, 0.2) is 6.29 Å². The van der Waals surface area contributed by atoms with E-state index in [-0.39, 0.29) is 6.29 Å². The molecule has 1 aliphatic carbocycles. The molecule has 21 heavy (non-hydrogen) atoms. The molecule has 0 radical (unpaired) electrons. The van der Waals surface area contributed by atoms with Crippen LogP contribution < -0.4 is 0 Å².